The Hall–Kier alpha value is -1.34. The molecule has 62 valence electrons. The number of hydrogen-bond acceptors (Lipinski definition) is 3. The summed E-state index contributed by atoms with van der Waals surface area (Å²) in [6.45, 7) is 3.47. The third-order valence-electron chi connectivity index (χ3n) is 2.03. The number of fused-ring (bicyclic) bond motifs is 1. The smallest absolute Gasteiger partial charge is 0.147 e. The van der Waals surface area contributed by atoms with E-state index in [-0.39, 0.29) is 0 Å². The van der Waals surface area contributed by atoms with Crippen LogP contribution in [-0.2, 0) is 13.1 Å². The molecule has 1 aliphatic rings. The molecule has 1 aromatic rings. The highest BCUT2D eigenvalue weighted by Crippen LogP contribution is 2.07. The predicted molar refractivity (Wildman–Crippen MR) is 44.1 cm³/mol. The van der Waals surface area contributed by atoms with Gasteiger partial charge in [0.1, 0.15) is 12.2 Å². The van der Waals surface area contributed by atoms with Crippen LogP contribution in [0.1, 0.15) is 5.82 Å². The SMILES string of the molecule is C#CCN1CCn2cnnc2C1. The molecule has 0 fully saturated rings. The fraction of sp³-hybridized carbons (Fsp3) is 0.500. The van der Waals surface area contributed by atoms with Crippen LogP contribution in [0.5, 0.6) is 0 Å². The van der Waals surface area contributed by atoms with Crippen LogP contribution in [0.3, 0.4) is 0 Å². The first-order valence-electron chi connectivity index (χ1n) is 3.92. The Morgan fingerprint density at radius 3 is 3.33 bits per heavy atom. The highest BCUT2D eigenvalue weighted by atomic mass is 15.3. The molecule has 4 heteroatoms. The third kappa shape index (κ3) is 1.19. The van der Waals surface area contributed by atoms with Gasteiger partial charge >= 0.3 is 0 Å². The van der Waals surface area contributed by atoms with Gasteiger partial charge in [-0.25, -0.2) is 0 Å². The lowest BCUT2D eigenvalue weighted by Gasteiger charge is -2.24. The molecule has 12 heavy (non-hydrogen) atoms. The summed E-state index contributed by atoms with van der Waals surface area (Å²) in [6, 6.07) is 0. The van der Waals surface area contributed by atoms with E-state index < -0.39 is 0 Å². The van der Waals surface area contributed by atoms with Gasteiger partial charge in [-0.05, 0) is 0 Å². The number of rotatable bonds is 1. The molecule has 0 unspecified atom stereocenters. The molecule has 0 aliphatic carbocycles. The Balaban J connectivity index is 2.11. The Morgan fingerprint density at radius 1 is 1.58 bits per heavy atom. The second-order valence-electron chi connectivity index (χ2n) is 2.86. The molecular formula is C8H10N4. The number of terminal acetylenes is 1. The zero-order valence-corrected chi connectivity index (χ0v) is 6.77. The van der Waals surface area contributed by atoms with Crippen molar-refractivity contribution < 1.29 is 0 Å². The second kappa shape index (κ2) is 2.95. The van der Waals surface area contributed by atoms with Crippen molar-refractivity contribution in [3.63, 3.8) is 0 Å². The van der Waals surface area contributed by atoms with Crippen molar-refractivity contribution >= 4 is 0 Å². The minimum Gasteiger partial charge on any atom is -0.315 e. The van der Waals surface area contributed by atoms with Gasteiger partial charge in [-0.15, -0.1) is 16.6 Å². The van der Waals surface area contributed by atoms with E-state index in [0.717, 1.165) is 25.5 Å². The van der Waals surface area contributed by atoms with Crippen molar-refractivity contribution in [3.05, 3.63) is 12.2 Å². The molecule has 0 saturated carbocycles. The van der Waals surface area contributed by atoms with Gasteiger partial charge in [0.15, 0.2) is 0 Å². The topological polar surface area (TPSA) is 34.0 Å². The van der Waals surface area contributed by atoms with Gasteiger partial charge in [-0.1, -0.05) is 5.92 Å². The lowest BCUT2D eigenvalue weighted by Crippen LogP contribution is -2.33. The quantitative estimate of drug-likeness (QED) is 0.533. The second-order valence-corrected chi connectivity index (χ2v) is 2.86. The van der Waals surface area contributed by atoms with Crippen LogP contribution in [0.15, 0.2) is 6.33 Å². The molecule has 0 amide bonds. The molecule has 0 saturated heterocycles. The molecule has 0 spiro atoms. The van der Waals surface area contributed by atoms with E-state index in [4.69, 9.17) is 6.42 Å². The average Bonchev–Trinajstić information content (AvgIpc) is 2.51. The van der Waals surface area contributed by atoms with Gasteiger partial charge in [0, 0.05) is 13.1 Å². The molecule has 0 atom stereocenters. The van der Waals surface area contributed by atoms with Crippen molar-refractivity contribution in [2.24, 2.45) is 0 Å². The van der Waals surface area contributed by atoms with Gasteiger partial charge in [-0.2, -0.15) is 0 Å². The first kappa shape index (κ1) is 7.32. The average molecular weight is 162 g/mol. The van der Waals surface area contributed by atoms with Crippen molar-refractivity contribution in [1.29, 1.82) is 0 Å². The summed E-state index contributed by atoms with van der Waals surface area (Å²) in [5, 5.41) is 7.82. The van der Waals surface area contributed by atoms with Crippen LogP contribution in [0.2, 0.25) is 0 Å². The van der Waals surface area contributed by atoms with E-state index in [1.54, 1.807) is 6.33 Å². The van der Waals surface area contributed by atoms with Crippen LogP contribution in [0, 0.1) is 12.3 Å². The normalized spacial score (nSPS) is 16.9. The van der Waals surface area contributed by atoms with Gasteiger partial charge in [0.2, 0.25) is 0 Å². The standard InChI is InChI=1S/C8H10N4/c1-2-3-11-4-5-12-7-9-10-8(12)6-11/h1,7H,3-6H2. The summed E-state index contributed by atoms with van der Waals surface area (Å²) >= 11 is 0. The zero-order valence-electron chi connectivity index (χ0n) is 6.77. The fourth-order valence-corrected chi connectivity index (χ4v) is 1.38. The minimum absolute atomic E-state index is 0.701. The first-order valence-corrected chi connectivity index (χ1v) is 3.92. The maximum Gasteiger partial charge on any atom is 0.147 e. The molecule has 0 N–H and O–H groups in total. The van der Waals surface area contributed by atoms with Crippen LogP contribution in [0.4, 0.5) is 0 Å². The van der Waals surface area contributed by atoms with Crippen molar-refractivity contribution in [3.8, 4) is 12.3 Å². The van der Waals surface area contributed by atoms with E-state index in [2.05, 4.69) is 25.6 Å². The number of hydrogen-bond donors (Lipinski definition) is 0. The van der Waals surface area contributed by atoms with Crippen LogP contribution in [0.25, 0.3) is 0 Å². The molecule has 2 rings (SSSR count). The Bertz CT molecular complexity index is 309. The maximum absolute atomic E-state index is 5.22. The summed E-state index contributed by atoms with van der Waals surface area (Å²) in [7, 11) is 0. The molecule has 0 aromatic carbocycles. The highest BCUT2D eigenvalue weighted by Gasteiger charge is 2.15. The molecule has 0 bridgehead atoms. The Morgan fingerprint density at radius 2 is 2.50 bits per heavy atom. The van der Waals surface area contributed by atoms with E-state index in [0.29, 0.717) is 6.54 Å². The molecule has 2 heterocycles. The van der Waals surface area contributed by atoms with E-state index in [1.165, 1.54) is 0 Å². The first-order chi connectivity index (χ1) is 5.90. The van der Waals surface area contributed by atoms with Crippen molar-refractivity contribution in [2.45, 2.75) is 13.1 Å². The zero-order chi connectivity index (χ0) is 8.39. The monoisotopic (exact) mass is 162 g/mol. The van der Waals surface area contributed by atoms with Crippen LogP contribution in [-0.4, -0.2) is 32.8 Å². The summed E-state index contributed by atoms with van der Waals surface area (Å²) in [5.74, 6) is 3.64. The lowest BCUT2D eigenvalue weighted by atomic mass is 10.3. The van der Waals surface area contributed by atoms with Crippen LogP contribution >= 0.6 is 0 Å². The maximum atomic E-state index is 5.22. The number of aromatic nitrogens is 3. The predicted octanol–water partition coefficient (Wildman–Crippen LogP) is -0.273. The van der Waals surface area contributed by atoms with Gasteiger partial charge in [0.05, 0.1) is 13.1 Å². The van der Waals surface area contributed by atoms with E-state index in [1.807, 2.05) is 0 Å². The van der Waals surface area contributed by atoms with Crippen molar-refractivity contribution in [1.82, 2.24) is 19.7 Å². The number of nitrogens with zero attached hydrogens (tertiary/aromatic N) is 4. The Labute approximate surface area is 71.2 Å². The molecule has 0 radical (unpaired) electrons. The van der Waals surface area contributed by atoms with Gasteiger partial charge in [-0.3, -0.25) is 4.90 Å². The molecule has 1 aliphatic heterocycles. The van der Waals surface area contributed by atoms with Crippen molar-refractivity contribution in [2.75, 3.05) is 13.1 Å². The largest absolute Gasteiger partial charge is 0.315 e. The molecular weight excluding hydrogens is 152 g/mol. The Kier molecular flexibility index (Phi) is 1.80. The molecule has 4 nitrogen and oxygen atoms in total. The van der Waals surface area contributed by atoms with Gasteiger partial charge < -0.3 is 4.57 Å². The summed E-state index contributed by atoms with van der Waals surface area (Å²) < 4.78 is 2.06. The lowest BCUT2D eigenvalue weighted by molar-refractivity contribution is 0.243. The van der Waals surface area contributed by atoms with E-state index in [9.17, 15) is 0 Å². The summed E-state index contributed by atoms with van der Waals surface area (Å²) in [4.78, 5) is 2.18. The summed E-state index contributed by atoms with van der Waals surface area (Å²) in [6.07, 6.45) is 6.99. The minimum atomic E-state index is 0.701. The fourth-order valence-electron chi connectivity index (χ4n) is 1.38. The third-order valence-corrected chi connectivity index (χ3v) is 2.03. The summed E-state index contributed by atoms with van der Waals surface area (Å²) in [5.41, 5.74) is 0. The van der Waals surface area contributed by atoms with Crippen LogP contribution < -0.4 is 0 Å². The van der Waals surface area contributed by atoms with E-state index >= 15 is 0 Å². The van der Waals surface area contributed by atoms with Gasteiger partial charge in [0.25, 0.3) is 0 Å². The highest BCUT2D eigenvalue weighted by molar-refractivity contribution is 4.94. The molecule has 1 aromatic heterocycles.